The number of rotatable bonds is 7. The van der Waals surface area contributed by atoms with Crippen molar-refractivity contribution in [3.63, 3.8) is 0 Å². The van der Waals surface area contributed by atoms with E-state index < -0.39 is 29.5 Å². The van der Waals surface area contributed by atoms with Crippen molar-refractivity contribution in [1.29, 1.82) is 0 Å². The van der Waals surface area contributed by atoms with Crippen LogP contribution in [0.5, 0.6) is 11.5 Å². The number of carbonyl (C=O) groups is 3. The molecule has 3 rings (SSSR count). The number of likely N-dealkylation sites (tertiary alicyclic amines) is 1. The minimum Gasteiger partial charge on any atom is -0.507 e. The van der Waals surface area contributed by atoms with Gasteiger partial charge in [-0.05, 0) is 42.3 Å². The van der Waals surface area contributed by atoms with Crippen molar-refractivity contribution in [1.82, 2.24) is 4.90 Å². The van der Waals surface area contributed by atoms with E-state index in [0.29, 0.717) is 5.56 Å². The van der Waals surface area contributed by atoms with Gasteiger partial charge in [-0.3, -0.25) is 14.4 Å². The van der Waals surface area contributed by atoms with Gasteiger partial charge >= 0.3 is 5.97 Å². The summed E-state index contributed by atoms with van der Waals surface area (Å²) < 4.78 is 15.6. The molecule has 0 saturated carbocycles. The zero-order valence-corrected chi connectivity index (χ0v) is 19.4. The largest absolute Gasteiger partial charge is 0.507 e. The van der Waals surface area contributed by atoms with Gasteiger partial charge in [0.1, 0.15) is 17.3 Å². The Balaban J connectivity index is 2.25. The highest BCUT2D eigenvalue weighted by atomic mass is 35.5. The highest BCUT2D eigenvalue weighted by Crippen LogP contribution is 2.43. The number of benzene rings is 2. The van der Waals surface area contributed by atoms with Gasteiger partial charge in [-0.15, -0.1) is 0 Å². The molecule has 1 aliphatic rings. The molecule has 0 aliphatic carbocycles. The van der Waals surface area contributed by atoms with E-state index in [1.807, 2.05) is 0 Å². The quantitative estimate of drug-likeness (QED) is 0.215. The lowest BCUT2D eigenvalue weighted by molar-refractivity contribution is -0.140. The van der Waals surface area contributed by atoms with Crippen LogP contribution in [-0.4, -0.2) is 55.0 Å². The normalized spacial score (nSPS) is 17.4. The third-order valence-electron chi connectivity index (χ3n) is 5.16. The maximum atomic E-state index is 13.1. The van der Waals surface area contributed by atoms with Crippen LogP contribution in [0.1, 0.15) is 29.7 Å². The SMILES string of the molecule is COCCN1C(=O)C(=O)/C(=C(/O)c2cc(C)cc(Cl)c2OC)C1c1cccc(OC(C)=O)c1. The van der Waals surface area contributed by atoms with Gasteiger partial charge in [0, 0.05) is 20.6 Å². The lowest BCUT2D eigenvalue weighted by Gasteiger charge is -2.25. The Morgan fingerprint density at radius 1 is 1.18 bits per heavy atom. The van der Waals surface area contributed by atoms with E-state index >= 15 is 0 Å². The summed E-state index contributed by atoms with van der Waals surface area (Å²) in [6, 6.07) is 8.77. The molecule has 2 aromatic rings. The third kappa shape index (κ3) is 4.86. The summed E-state index contributed by atoms with van der Waals surface area (Å²) in [4.78, 5) is 38.8. The number of amides is 1. The lowest BCUT2D eigenvalue weighted by Crippen LogP contribution is -2.32. The summed E-state index contributed by atoms with van der Waals surface area (Å²) >= 11 is 6.28. The van der Waals surface area contributed by atoms with Gasteiger partial charge < -0.3 is 24.2 Å². The van der Waals surface area contributed by atoms with Crippen molar-refractivity contribution in [2.75, 3.05) is 27.4 Å². The number of aliphatic hydroxyl groups is 1. The summed E-state index contributed by atoms with van der Waals surface area (Å²) in [5.41, 5.74) is 1.26. The number of ketones is 1. The van der Waals surface area contributed by atoms with Crippen molar-refractivity contribution < 1.29 is 33.7 Å². The number of hydrogen-bond donors (Lipinski definition) is 1. The van der Waals surface area contributed by atoms with E-state index in [0.717, 1.165) is 5.56 Å². The zero-order valence-electron chi connectivity index (χ0n) is 18.7. The number of methoxy groups -OCH3 is 2. The average Bonchev–Trinajstić information content (AvgIpc) is 3.01. The second-order valence-electron chi connectivity index (χ2n) is 7.48. The Labute approximate surface area is 196 Å². The Kier molecular flexibility index (Phi) is 7.40. The number of esters is 1. The van der Waals surface area contributed by atoms with Crippen molar-refractivity contribution in [2.45, 2.75) is 19.9 Å². The minimum absolute atomic E-state index is 0.103. The number of ether oxygens (including phenoxy) is 3. The first-order valence-corrected chi connectivity index (χ1v) is 10.5. The van der Waals surface area contributed by atoms with Gasteiger partial charge in [0.2, 0.25) is 0 Å². The van der Waals surface area contributed by atoms with Gasteiger partial charge in [0.15, 0.2) is 0 Å². The van der Waals surface area contributed by atoms with Crippen LogP contribution in [-0.2, 0) is 19.1 Å². The maximum absolute atomic E-state index is 13.1. The molecule has 1 heterocycles. The standard InChI is InChI=1S/C24H24ClNO7/c1-13-10-17(23(32-4)18(25)11-13)21(28)19-20(26(8-9-31-3)24(30)22(19)29)15-6-5-7-16(12-15)33-14(2)27/h5-7,10-12,20,28H,8-9H2,1-4H3/b21-19+. The van der Waals surface area contributed by atoms with Gasteiger partial charge in [-0.2, -0.15) is 0 Å². The highest BCUT2D eigenvalue weighted by Gasteiger charge is 2.46. The number of halogens is 1. The monoisotopic (exact) mass is 473 g/mol. The summed E-state index contributed by atoms with van der Waals surface area (Å²) in [7, 11) is 2.87. The van der Waals surface area contributed by atoms with E-state index in [4.69, 9.17) is 25.8 Å². The first-order chi connectivity index (χ1) is 15.7. The number of aliphatic hydroxyl groups excluding tert-OH is 1. The molecule has 0 spiro atoms. The molecule has 174 valence electrons. The van der Waals surface area contributed by atoms with Crippen LogP contribution in [0.25, 0.3) is 5.76 Å². The van der Waals surface area contributed by atoms with Crippen molar-refractivity contribution in [3.8, 4) is 11.5 Å². The molecule has 33 heavy (non-hydrogen) atoms. The van der Waals surface area contributed by atoms with Crippen LogP contribution in [0.2, 0.25) is 5.02 Å². The average molecular weight is 474 g/mol. The van der Waals surface area contributed by atoms with Crippen LogP contribution < -0.4 is 9.47 Å². The smallest absolute Gasteiger partial charge is 0.308 e. The molecule has 9 heteroatoms. The molecule has 0 aromatic heterocycles. The molecule has 1 N–H and O–H groups in total. The Bertz CT molecular complexity index is 1140. The second-order valence-corrected chi connectivity index (χ2v) is 7.89. The predicted molar refractivity (Wildman–Crippen MR) is 121 cm³/mol. The summed E-state index contributed by atoms with van der Waals surface area (Å²) in [6.07, 6.45) is 0. The molecular weight excluding hydrogens is 450 g/mol. The van der Waals surface area contributed by atoms with E-state index in [-0.39, 0.29) is 40.8 Å². The Hall–Kier alpha value is -3.36. The van der Waals surface area contributed by atoms with E-state index in [1.54, 1.807) is 43.3 Å². The van der Waals surface area contributed by atoms with E-state index in [9.17, 15) is 19.5 Å². The molecule has 1 unspecified atom stereocenters. The van der Waals surface area contributed by atoms with Gasteiger partial charge in [0.05, 0.1) is 35.9 Å². The van der Waals surface area contributed by atoms with Crippen LogP contribution in [0.15, 0.2) is 42.0 Å². The molecule has 0 bridgehead atoms. The molecule has 1 fully saturated rings. The molecule has 0 radical (unpaired) electrons. The minimum atomic E-state index is -0.945. The molecule has 8 nitrogen and oxygen atoms in total. The fourth-order valence-electron chi connectivity index (χ4n) is 3.82. The molecule has 1 atom stereocenters. The molecule has 1 aliphatic heterocycles. The number of aryl methyl sites for hydroxylation is 1. The maximum Gasteiger partial charge on any atom is 0.308 e. The Morgan fingerprint density at radius 2 is 1.91 bits per heavy atom. The van der Waals surface area contributed by atoms with Crippen LogP contribution in [0, 0.1) is 6.92 Å². The van der Waals surface area contributed by atoms with Crippen molar-refractivity contribution in [3.05, 3.63) is 63.7 Å². The number of nitrogens with zero attached hydrogens (tertiary/aromatic N) is 1. The number of Topliss-reactive ketones (excluding diaryl/α,β-unsaturated/α-hetero) is 1. The van der Waals surface area contributed by atoms with Crippen LogP contribution in [0.4, 0.5) is 0 Å². The van der Waals surface area contributed by atoms with Gasteiger partial charge in [-0.1, -0.05) is 23.7 Å². The van der Waals surface area contributed by atoms with Crippen molar-refractivity contribution in [2.24, 2.45) is 0 Å². The predicted octanol–water partition coefficient (Wildman–Crippen LogP) is 3.65. The fourth-order valence-corrected chi connectivity index (χ4v) is 4.17. The fraction of sp³-hybridized carbons (Fsp3) is 0.292. The summed E-state index contributed by atoms with van der Waals surface area (Å²) in [6.45, 7) is 3.32. The van der Waals surface area contributed by atoms with Gasteiger partial charge in [-0.25, -0.2) is 0 Å². The van der Waals surface area contributed by atoms with Gasteiger partial charge in [0.25, 0.3) is 11.7 Å². The first-order valence-electron chi connectivity index (χ1n) is 10.1. The number of carbonyl (C=O) groups excluding carboxylic acids is 3. The van der Waals surface area contributed by atoms with E-state index in [2.05, 4.69) is 0 Å². The third-order valence-corrected chi connectivity index (χ3v) is 5.44. The van der Waals surface area contributed by atoms with E-state index in [1.165, 1.54) is 26.0 Å². The number of hydrogen-bond acceptors (Lipinski definition) is 7. The molecule has 2 aromatic carbocycles. The Morgan fingerprint density at radius 3 is 2.55 bits per heavy atom. The molecular formula is C24H24ClNO7. The molecule has 1 amide bonds. The lowest BCUT2D eigenvalue weighted by atomic mass is 9.94. The topological polar surface area (TPSA) is 102 Å². The zero-order chi connectivity index (χ0) is 24.3. The van der Waals surface area contributed by atoms with Crippen LogP contribution in [0.3, 0.4) is 0 Å². The van der Waals surface area contributed by atoms with Crippen molar-refractivity contribution >= 4 is 35.0 Å². The first kappa shape index (κ1) is 24.3. The second kappa shape index (κ2) is 10.1. The summed E-state index contributed by atoms with van der Waals surface area (Å²) in [5.74, 6) is -2.15. The molecule has 1 saturated heterocycles. The summed E-state index contributed by atoms with van der Waals surface area (Å²) in [5, 5.41) is 11.5. The highest BCUT2D eigenvalue weighted by molar-refractivity contribution is 6.46. The van der Waals surface area contributed by atoms with Crippen LogP contribution >= 0.6 is 11.6 Å².